The van der Waals surface area contributed by atoms with Gasteiger partial charge in [0.25, 0.3) is 0 Å². The van der Waals surface area contributed by atoms with Crippen molar-refractivity contribution in [3.05, 3.63) is 28.8 Å². The lowest BCUT2D eigenvalue weighted by Gasteiger charge is -2.29. The molecule has 34 heavy (non-hydrogen) atoms. The molecular weight excluding hydrogens is 479 g/mol. The third-order valence-electron chi connectivity index (χ3n) is 5.24. The Labute approximate surface area is 197 Å². The lowest BCUT2D eigenvalue weighted by atomic mass is 10.1. The third kappa shape index (κ3) is 8.85. The highest BCUT2D eigenvalue weighted by Gasteiger charge is 2.38. The van der Waals surface area contributed by atoms with Crippen molar-refractivity contribution in [2.75, 3.05) is 53.0 Å². The number of carboxylic acid groups (broad SMARTS) is 1. The SMILES string of the molecule is COCCN(CCC(=O)N1CCNCC1)S(=O)(=O)c1cc(C)c(C)cc1C.O=C(O)C(F)(F)F. The lowest BCUT2D eigenvalue weighted by molar-refractivity contribution is -0.192. The van der Waals surface area contributed by atoms with Crippen LogP contribution in [0.5, 0.6) is 0 Å². The number of methoxy groups -OCH3 is 1. The van der Waals surface area contributed by atoms with E-state index in [1.807, 2.05) is 19.9 Å². The maximum Gasteiger partial charge on any atom is 0.490 e. The number of rotatable bonds is 8. The van der Waals surface area contributed by atoms with Crippen LogP contribution >= 0.6 is 0 Å². The number of sulfonamides is 1. The van der Waals surface area contributed by atoms with Gasteiger partial charge in [0, 0.05) is 52.8 Å². The van der Waals surface area contributed by atoms with Crippen LogP contribution in [0.1, 0.15) is 23.1 Å². The van der Waals surface area contributed by atoms with E-state index in [2.05, 4.69) is 5.32 Å². The minimum Gasteiger partial charge on any atom is -0.475 e. The standard InChI is InChI=1S/C19H31N3O4S.C2HF3O2/c1-15-13-17(3)18(14-16(15)2)27(24,25)22(11-12-26-4)8-5-19(23)21-9-6-20-7-10-21;3-2(4,5)1(6)7/h13-14,20H,5-12H2,1-4H3;(H,6,7). The molecule has 1 aliphatic heterocycles. The third-order valence-corrected chi connectivity index (χ3v) is 7.28. The molecule has 0 aromatic heterocycles. The Bertz CT molecular complexity index is 948. The number of piperazine rings is 1. The number of ether oxygens (including phenoxy) is 1. The number of halogens is 3. The lowest BCUT2D eigenvalue weighted by Crippen LogP contribution is -2.47. The Kier molecular flexibility index (Phi) is 11.4. The molecule has 194 valence electrons. The van der Waals surface area contributed by atoms with Crippen LogP contribution in [0.2, 0.25) is 0 Å². The van der Waals surface area contributed by atoms with Crippen LogP contribution in [0.25, 0.3) is 0 Å². The van der Waals surface area contributed by atoms with Gasteiger partial charge in [0.05, 0.1) is 11.5 Å². The number of nitrogens with zero attached hydrogens (tertiary/aromatic N) is 2. The first kappa shape index (κ1) is 29.8. The topological polar surface area (TPSA) is 116 Å². The molecule has 13 heteroatoms. The summed E-state index contributed by atoms with van der Waals surface area (Å²) in [5.74, 6) is -2.77. The van der Waals surface area contributed by atoms with Gasteiger partial charge in [-0.3, -0.25) is 4.79 Å². The molecule has 0 unspecified atom stereocenters. The quantitative estimate of drug-likeness (QED) is 0.546. The number of amides is 1. The number of carbonyl (C=O) groups excluding carboxylic acids is 1. The zero-order valence-corrected chi connectivity index (χ0v) is 20.6. The smallest absolute Gasteiger partial charge is 0.475 e. The molecule has 0 saturated carbocycles. The van der Waals surface area contributed by atoms with Gasteiger partial charge < -0.3 is 20.1 Å². The maximum atomic E-state index is 13.2. The molecule has 0 radical (unpaired) electrons. The van der Waals surface area contributed by atoms with E-state index in [4.69, 9.17) is 14.6 Å². The summed E-state index contributed by atoms with van der Waals surface area (Å²) >= 11 is 0. The molecule has 0 atom stereocenters. The molecule has 1 aliphatic rings. The Hall–Kier alpha value is -2.22. The van der Waals surface area contributed by atoms with Crippen LogP contribution < -0.4 is 5.32 Å². The van der Waals surface area contributed by atoms with Crippen molar-refractivity contribution in [2.45, 2.75) is 38.3 Å². The van der Waals surface area contributed by atoms with E-state index in [0.29, 0.717) is 23.5 Å². The summed E-state index contributed by atoms with van der Waals surface area (Å²) in [6.45, 7) is 9.22. The van der Waals surface area contributed by atoms with Crippen molar-refractivity contribution >= 4 is 21.9 Å². The molecule has 0 spiro atoms. The summed E-state index contributed by atoms with van der Waals surface area (Å²) in [7, 11) is -2.16. The minimum atomic E-state index is -5.08. The number of hydrogen-bond donors (Lipinski definition) is 2. The van der Waals surface area contributed by atoms with E-state index in [0.717, 1.165) is 24.2 Å². The van der Waals surface area contributed by atoms with Gasteiger partial charge in [0.2, 0.25) is 15.9 Å². The van der Waals surface area contributed by atoms with Crippen LogP contribution in [0.4, 0.5) is 13.2 Å². The molecule has 1 amide bonds. The van der Waals surface area contributed by atoms with Gasteiger partial charge in [0.15, 0.2) is 0 Å². The second-order valence-corrected chi connectivity index (χ2v) is 9.69. The Morgan fingerprint density at radius 3 is 2.12 bits per heavy atom. The van der Waals surface area contributed by atoms with Crippen molar-refractivity contribution in [3.63, 3.8) is 0 Å². The molecular formula is C21H32F3N3O6S. The zero-order valence-electron chi connectivity index (χ0n) is 19.7. The summed E-state index contributed by atoms with van der Waals surface area (Å²) in [6, 6.07) is 3.61. The Balaban J connectivity index is 0.000000718. The number of alkyl halides is 3. The van der Waals surface area contributed by atoms with Gasteiger partial charge in [-0.2, -0.15) is 17.5 Å². The number of nitrogens with one attached hydrogen (secondary N) is 1. The Morgan fingerprint density at radius 2 is 1.62 bits per heavy atom. The molecule has 2 rings (SSSR count). The maximum absolute atomic E-state index is 13.2. The highest BCUT2D eigenvalue weighted by Crippen LogP contribution is 2.24. The first-order chi connectivity index (χ1) is 15.7. The molecule has 1 fully saturated rings. The van der Waals surface area contributed by atoms with Gasteiger partial charge in [0.1, 0.15) is 0 Å². The van der Waals surface area contributed by atoms with Crippen molar-refractivity contribution < 1.29 is 41.0 Å². The predicted molar refractivity (Wildman–Crippen MR) is 119 cm³/mol. The molecule has 1 heterocycles. The van der Waals surface area contributed by atoms with Gasteiger partial charge in [-0.1, -0.05) is 6.07 Å². The van der Waals surface area contributed by atoms with E-state index >= 15 is 0 Å². The van der Waals surface area contributed by atoms with E-state index in [-0.39, 0.29) is 32.0 Å². The van der Waals surface area contributed by atoms with E-state index < -0.39 is 22.2 Å². The summed E-state index contributed by atoms with van der Waals surface area (Å²) in [5, 5.41) is 10.3. The second-order valence-electron chi connectivity index (χ2n) is 7.78. The molecule has 1 aromatic carbocycles. The zero-order chi connectivity index (χ0) is 26.1. The van der Waals surface area contributed by atoms with Crippen LogP contribution in [0.15, 0.2) is 17.0 Å². The monoisotopic (exact) mass is 511 g/mol. The average Bonchev–Trinajstić information content (AvgIpc) is 2.76. The van der Waals surface area contributed by atoms with Crippen molar-refractivity contribution in [1.82, 2.24) is 14.5 Å². The van der Waals surface area contributed by atoms with Crippen LogP contribution in [0.3, 0.4) is 0 Å². The highest BCUT2D eigenvalue weighted by molar-refractivity contribution is 7.89. The number of hydrogen-bond acceptors (Lipinski definition) is 6. The molecule has 0 bridgehead atoms. The van der Waals surface area contributed by atoms with Gasteiger partial charge >= 0.3 is 12.1 Å². The fourth-order valence-electron chi connectivity index (χ4n) is 3.19. The molecule has 9 nitrogen and oxygen atoms in total. The first-order valence-corrected chi connectivity index (χ1v) is 12.0. The highest BCUT2D eigenvalue weighted by atomic mass is 32.2. The Morgan fingerprint density at radius 1 is 1.09 bits per heavy atom. The second kappa shape index (κ2) is 13.0. The van der Waals surface area contributed by atoms with Crippen molar-refractivity contribution in [3.8, 4) is 0 Å². The average molecular weight is 512 g/mol. The molecule has 1 saturated heterocycles. The van der Waals surface area contributed by atoms with Crippen LogP contribution in [-0.2, 0) is 24.3 Å². The van der Waals surface area contributed by atoms with E-state index in [1.165, 1.54) is 11.4 Å². The van der Waals surface area contributed by atoms with E-state index in [1.54, 1.807) is 17.9 Å². The largest absolute Gasteiger partial charge is 0.490 e. The first-order valence-electron chi connectivity index (χ1n) is 10.6. The normalized spacial score (nSPS) is 14.5. The van der Waals surface area contributed by atoms with Crippen molar-refractivity contribution in [1.29, 1.82) is 0 Å². The fraction of sp³-hybridized carbons (Fsp3) is 0.619. The number of carboxylic acids is 1. The number of benzene rings is 1. The summed E-state index contributed by atoms with van der Waals surface area (Å²) in [4.78, 5) is 23.4. The number of carbonyl (C=O) groups is 2. The van der Waals surface area contributed by atoms with Gasteiger partial charge in [-0.05, 0) is 43.5 Å². The van der Waals surface area contributed by atoms with Crippen molar-refractivity contribution in [2.24, 2.45) is 0 Å². The predicted octanol–water partition coefficient (Wildman–Crippen LogP) is 1.70. The fourth-order valence-corrected chi connectivity index (χ4v) is 4.91. The number of aliphatic carboxylic acids is 1. The van der Waals surface area contributed by atoms with E-state index in [9.17, 15) is 26.4 Å². The van der Waals surface area contributed by atoms with Crippen LogP contribution in [-0.4, -0.2) is 93.8 Å². The number of aryl methyl sites for hydroxylation is 3. The summed E-state index contributed by atoms with van der Waals surface area (Å²) in [6.07, 6.45) is -4.91. The molecule has 2 N–H and O–H groups in total. The van der Waals surface area contributed by atoms with Crippen LogP contribution in [0, 0.1) is 20.8 Å². The summed E-state index contributed by atoms with van der Waals surface area (Å²) in [5.41, 5.74) is 2.71. The molecule has 1 aromatic rings. The van der Waals surface area contributed by atoms with Gasteiger partial charge in [-0.25, -0.2) is 13.2 Å². The summed E-state index contributed by atoms with van der Waals surface area (Å²) < 4.78 is 64.7. The minimum absolute atomic E-state index is 0.00840. The van der Waals surface area contributed by atoms with Gasteiger partial charge in [-0.15, -0.1) is 0 Å². The molecule has 0 aliphatic carbocycles.